The first-order valence-electron chi connectivity index (χ1n) is 9.53. The van der Waals surface area contributed by atoms with E-state index in [9.17, 15) is 4.79 Å². The normalized spacial score (nSPS) is 15.8. The molecule has 0 radical (unpaired) electrons. The molecule has 7 heteroatoms. The number of benzene rings is 1. The van der Waals surface area contributed by atoms with Crippen molar-refractivity contribution in [2.75, 3.05) is 11.4 Å². The predicted molar refractivity (Wildman–Crippen MR) is 116 cm³/mol. The van der Waals surface area contributed by atoms with Crippen LogP contribution in [0.1, 0.15) is 43.0 Å². The van der Waals surface area contributed by atoms with Gasteiger partial charge in [-0.3, -0.25) is 14.5 Å². The standard InChI is InChI=1S/C22H24N4O2.ClH/c1-14(2)28-19-7-5-6-18(11-19)25-13-16(4)26-21(22(25)27)20(12-24-26)17-8-9-23-15(3)10-17;/h5-12,14,16H,13H2,1-4H3;1H/t16-;/m0./s1. The number of amides is 1. The SMILES string of the molecule is Cc1cc(-c2cnn3c2C(=O)N(c2cccc(OC(C)C)c2)C[C@@H]3C)ccn1.Cl. The first-order valence-corrected chi connectivity index (χ1v) is 9.53. The van der Waals surface area contributed by atoms with Gasteiger partial charge in [-0.05, 0) is 57.5 Å². The zero-order chi connectivity index (χ0) is 19.8. The van der Waals surface area contributed by atoms with Gasteiger partial charge >= 0.3 is 0 Å². The van der Waals surface area contributed by atoms with Crippen LogP contribution < -0.4 is 9.64 Å². The van der Waals surface area contributed by atoms with Gasteiger partial charge in [0.05, 0.1) is 18.3 Å². The molecule has 0 saturated heterocycles. The summed E-state index contributed by atoms with van der Waals surface area (Å²) < 4.78 is 7.64. The van der Waals surface area contributed by atoms with Gasteiger partial charge in [-0.1, -0.05) is 6.07 Å². The van der Waals surface area contributed by atoms with Gasteiger partial charge in [-0.2, -0.15) is 5.10 Å². The van der Waals surface area contributed by atoms with E-state index in [1.54, 1.807) is 12.4 Å². The Hall–Kier alpha value is -2.86. The molecule has 6 nitrogen and oxygen atoms in total. The molecule has 0 saturated carbocycles. The molecule has 0 bridgehead atoms. The molecule has 29 heavy (non-hydrogen) atoms. The topological polar surface area (TPSA) is 60.2 Å². The summed E-state index contributed by atoms with van der Waals surface area (Å²) in [6.45, 7) is 8.56. The number of rotatable bonds is 4. The van der Waals surface area contributed by atoms with E-state index in [-0.39, 0.29) is 30.5 Å². The van der Waals surface area contributed by atoms with Crippen molar-refractivity contribution >= 4 is 24.0 Å². The summed E-state index contributed by atoms with van der Waals surface area (Å²) in [6, 6.07) is 11.7. The number of hydrogen-bond donors (Lipinski definition) is 0. The smallest absolute Gasteiger partial charge is 0.277 e. The minimum Gasteiger partial charge on any atom is -0.491 e. The highest BCUT2D eigenvalue weighted by Gasteiger charge is 2.33. The monoisotopic (exact) mass is 412 g/mol. The fraction of sp³-hybridized carbons (Fsp3) is 0.318. The van der Waals surface area contributed by atoms with Crippen LogP contribution in [0.25, 0.3) is 11.1 Å². The number of hydrogen-bond acceptors (Lipinski definition) is 4. The molecule has 1 aliphatic rings. The molecular weight excluding hydrogens is 388 g/mol. The van der Waals surface area contributed by atoms with E-state index in [4.69, 9.17) is 4.74 Å². The minimum absolute atomic E-state index is 0. The number of ether oxygens (including phenoxy) is 1. The molecule has 0 fully saturated rings. The number of anilines is 1. The first-order chi connectivity index (χ1) is 13.4. The number of aryl methyl sites for hydroxylation is 1. The maximum absolute atomic E-state index is 13.4. The van der Waals surface area contributed by atoms with Crippen LogP contribution in [0.4, 0.5) is 5.69 Å². The number of nitrogens with zero attached hydrogens (tertiary/aromatic N) is 4. The molecule has 0 N–H and O–H groups in total. The van der Waals surface area contributed by atoms with Gasteiger partial charge in [-0.15, -0.1) is 12.4 Å². The van der Waals surface area contributed by atoms with Crippen LogP contribution in [-0.4, -0.2) is 33.3 Å². The summed E-state index contributed by atoms with van der Waals surface area (Å²) in [5.74, 6) is 0.707. The Morgan fingerprint density at radius 1 is 1.21 bits per heavy atom. The first kappa shape index (κ1) is 20.9. The fourth-order valence-corrected chi connectivity index (χ4v) is 3.61. The van der Waals surface area contributed by atoms with Crippen LogP contribution in [0, 0.1) is 6.92 Å². The molecule has 3 heterocycles. The molecule has 3 aromatic rings. The highest BCUT2D eigenvalue weighted by atomic mass is 35.5. The molecule has 4 rings (SSSR count). The minimum atomic E-state index is -0.0539. The van der Waals surface area contributed by atoms with Crippen molar-refractivity contribution in [1.82, 2.24) is 14.8 Å². The molecular formula is C22H25ClN4O2. The Kier molecular flexibility index (Phi) is 5.94. The number of aromatic nitrogens is 3. The molecule has 1 aromatic carbocycles. The number of carbonyl (C=O) groups excluding carboxylic acids is 1. The predicted octanol–water partition coefficient (Wildman–Crippen LogP) is 4.68. The zero-order valence-electron chi connectivity index (χ0n) is 17.0. The highest BCUT2D eigenvalue weighted by Crippen LogP contribution is 2.33. The summed E-state index contributed by atoms with van der Waals surface area (Å²) in [5.41, 5.74) is 4.14. The number of halogens is 1. The van der Waals surface area contributed by atoms with Crippen molar-refractivity contribution in [2.24, 2.45) is 0 Å². The lowest BCUT2D eigenvalue weighted by Gasteiger charge is -2.32. The Labute approximate surface area is 176 Å². The van der Waals surface area contributed by atoms with Crippen molar-refractivity contribution in [1.29, 1.82) is 0 Å². The zero-order valence-corrected chi connectivity index (χ0v) is 17.8. The molecule has 1 aliphatic heterocycles. The van der Waals surface area contributed by atoms with Gasteiger partial charge in [0.25, 0.3) is 5.91 Å². The second-order valence-electron chi connectivity index (χ2n) is 7.47. The second-order valence-corrected chi connectivity index (χ2v) is 7.47. The number of carbonyl (C=O) groups is 1. The van der Waals surface area contributed by atoms with Crippen molar-refractivity contribution in [3.63, 3.8) is 0 Å². The van der Waals surface area contributed by atoms with Crippen LogP contribution in [0.5, 0.6) is 5.75 Å². The van der Waals surface area contributed by atoms with E-state index in [1.165, 1.54) is 0 Å². The summed E-state index contributed by atoms with van der Waals surface area (Å²) in [5, 5.41) is 4.50. The Bertz CT molecular complexity index is 1030. The summed E-state index contributed by atoms with van der Waals surface area (Å²) in [7, 11) is 0. The van der Waals surface area contributed by atoms with E-state index >= 15 is 0 Å². The molecule has 1 atom stereocenters. The quantitative estimate of drug-likeness (QED) is 0.624. The maximum Gasteiger partial charge on any atom is 0.277 e. The Morgan fingerprint density at radius 2 is 2.00 bits per heavy atom. The van der Waals surface area contributed by atoms with Crippen molar-refractivity contribution in [2.45, 2.75) is 39.8 Å². The lowest BCUT2D eigenvalue weighted by Crippen LogP contribution is -2.42. The summed E-state index contributed by atoms with van der Waals surface area (Å²) >= 11 is 0. The number of pyridine rings is 1. The third-order valence-electron chi connectivity index (χ3n) is 4.82. The Morgan fingerprint density at radius 3 is 2.72 bits per heavy atom. The lowest BCUT2D eigenvalue weighted by molar-refractivity contribution is 0.0954. The molecule has 0 unspecified atom stereocenters. The molecule has 1 amide bonds. The summed E-state index contributed by atoms with van der Waals surface area (Å²) in [6.07, 6.45) is 3.62. The van der Waals surface area contributed by atoms with Gasteiger partial charge in [-0.25, -0.2) is 0 Å². The van der Waals surface area contributed by atoms with Gasteiger partial charge in [0, 0.05) is 35.8 Å². The van der Waals surface area contributed by atoms with Crippen LogP contribution in [0.3, 0.4) is 0 Å². The summed E-state index contributed by atoms with van der Waals surface area (Å²) in [4.78, 5) is 19.5. The van der Waals surface area contributed by atoms with Crippen LogP contribution in [0.2, 0.25) is 0 Å². The van der Waals surface area contributed by atoms with Gasteiger partial charge in [0.2, 0.25) is 0 Å². The van der Waals surface area contributed by atoms with Crippen molar-refractivity contribution in [3.8, 4) is 16.9 Å². The van der Waals surface area contributed by atoms with E-state index in [2.05, 4.69) is 17.0 Å². The van der Waals surface area contributed by atoms with E-state index < -0.39 is 0 Å². The van der Waals surface area contributed by atoms with Gasteiger partial charge < -0.3 is 9.64 Å². The third-order valence-corrected chi connectivity index (χ3v) is 4.82. The fourth-order valence-electron chi connectivity index (χ4n) is 3.61. The van der Waals surface area contributed by atoms with Crippen LogP contribution >= 0.6 is 12.4 Å². The van der Waals surface area contributed by atoms with Gasteiger partial charge in [0.15, 0.2) is 0 Å². The third kappa shape index (κ3) is 3.98. The van der Waals surface area contributed by atoms with Crippen LogP contribution in [-0.2, 0) is 0 Å². The Balaban J connectivity index is 0.00000240. The number of fused-ring (bicyclic) bond motifs is 1. The van der Waals surface area contributed by atoms with Crippen LogP contribution in [0.15, 0.2) is 48.8 Å². The highest BCUT2D eigenvalue weighted by molar-refractivity contribution is 6.09. The average molecular weight is 413 g/mol. The van der Waals surface area contributed by atoms with E-state index in [0.717, 1.165) is 28.3 Å². The largest absolute Gasteiger partial charge is 0.491 e. The molecule has 2 aromatic heterocycles. The second kappa shape index (κ2) is 8.25. The molecule has 152 valence electrons. The van der Waals surface area contributed by atoms with Crippen molar-refractivity contribution < 1.29 is 9.53 Å². The van der Waals surface area contributed by atoms with E-state index in [1.807, 2.05) is 66.8 Å². The molecule has 0 spiro atoms. The molecule has 0 aliphatic carbocycles. The maximum atomic E-state index is 13.4. The van der Waals surface area contributed by atoms with Crippen molar-refractivity contribution in [3.05, 3.63) is 60.2 Å². The van der Waals surface area contributed by atoms with E-state index in [0.29, 0.717) is 12.2 Å². The van der Waals surface area contributed by atoms with Gasteiger partial charge in [0.1, 0.15) is 11.4 Å². The average Bonchev–Trinajstić information content (AvgIpc) is 3.10. The lowest BCUT2D eigenvalue weighted by atomic mass is 10.0.